The molecular weight excluding hydrogens is 859 g/mol. The third-order valence-electron chi connectivity index (χ3n) is 7.92. The van der Waals surface area contributed by atoms with Crippen molar-refractivity contribution in [2.75, 3.05) is 6.61 Å². The summed E-state index contributed by atoms with van der Waals surface area (Å²) in [5, 5.41) is 9.34. The molecule has 3 nitrogen and oxygen atoms in total. The summed E-state index contributed by atoms with van der Waals surface area (Å²) in [5.74, 6) is -87.4. The maximum Gasteiger partial charge on any atom is 0.433 e. The first-order valence-electron chi connectivity index (χ1n) is 13.7. The Balaban J connectivity index is 2.40. The maximum atomic E-state index is 15.9. The fraction of sp³-hybridized carbons (Fsp3) is 0.464. The Morgan fingerprint density at radius 2 is 0.982 bits per heavy atom. The molecule has 28 heteroatoms. The molecule has 0 aliphatic heterocycles. The van der Waals surface area contributed by atoms with Crippen LogP contribution in [0.5, 0.6) is 0 Å². The summed E-state index contributed by atoms with van der Waals surface area (Å²) in [7, 11) is 0. The Kier molecular flexibility index (Phi) is 10.9. The van der Waals surface area contributed by atoms with Crippen LogP contribution in [0.1, 0.15) is 30.0 Å². The molecule has 2 aromatic carbocycles. The van der Waals surface area contributed by atoms with E-state index in [4.69, 9.17) is 0 Å². The SMILES string of the molecule is C=C(C)C(=O)OCC(O)CC(F)(F)C(F)(F)C(F)(F)C(F)(F)C(F)(F)C(F)(F)C(F)(c1c(F)c(F)c(F)c2c1C(F)(F)c1c(F)c(F)c(F)c(F)c1-2)C(F)(F)F. The number of aliphatic hydroxyl groups is 1. The molecule has 0 bridgehead atoms. The second kappa shape index (κ2) is 13.2. The molecule has 1 aliphatic carbocycles. The van der Waals surface area contributed by atoms with Gasteiger partial charge in [0.25, 0.3) is 0 Å². The third-order valence-corrected chi connectivity index (χ3v) is 7.92. The largest absolute Gasteiger partial charge is 0.460 e. The van der Waals surface area contributed by atoms with Crippen molar-refractivity contribution >= 4 is 5.97 Å². The van der Waals surface area contributed by atoms with Gasteiger partial charge in [0, 0.05) is 28.7 Å². The quantitative estimate of drug-likeness (QED) is 0.0760. The van der Waals surface area contributed by atoms with Crippen molar-refractivity contribution in [1.82, 2.24) is 0 Å². The van der Waals surface area contributed by atoms with Crippen LogP contribution in [0.2, 0.25) is 0 Å². The minimum absolute atomic E-state index is 0.644. The number of aliphatic hydroxyl groups excluding tert-OH is 1. The Hall–Kier alpha value is -4.14. The number of benzene rings is 2. The van der Waals surface area contributed by atoms with Crippen LogP contribution in [-0.2, 0) is 21.1 Å². The molecule has 0 saturated heterocycles. The van der Waals surface area contributed by atoms with E-state index in [0.717, 1.165) is 6.92 Å². The van der Waals surface area contributed by atoms with Crippen LogP contribution >= 0.6 is 0 Å². The summed E-state index contributed by atoms with van der Waals surface area (Å²) in [4.78, 5) is 11.2. The van der Waals surface area contributed by atoms with Gasteiger partial charge in [-0.15, -0.1) is 0 Å². The van der Waals surface area contributed by atoms with Gasteiger partial charge in [0.05, 0.1) is 17.2 Å². The van der Waals surface area contributed by atoms with E-state index >= 15 is 22.0 Å². The Morgan fingerprint density at radius 3 is 1.41 bits per heavy atom. The minimum atomic E-state index is -9.44. The first kappa shape index (κ1) is 46.2. The molecule has 0 fully saturated rings. The molecule has 0 aromatic heterocycles. The van der Waals surface area contributed by atoms with Gasteiger partial charge in [-0.3, -0.25) is 0 Å². The van der Waals surface area contributed by atoms with Crippen LogP contribution in [0.25, 0.3) is 11.1 Å². The van der Waals surface area contributed by atoms with Crippen molar-refractivity contribution in [2.24, 2.45) is 0 Å². The second-order valence-electron chi connectivity index (χ2n) is 11.6. The van der Waals surface area contributed by atoms with Crippen molar-refractivity contribution in [2.45, 2.75) is 72.8 Å². The number of rotatable bonds is 12. The van der Waals surface area contributed by atoms with Crippen molar-refractivity contribution < 1.29 is 124 Å². The number of carbonyl (C=O) groups excluding carboxylic acids is 1. The highest BCUT2D eigenvalue weighted by molar-refractivity contribution is 5.87. The molecule has 2 aromatic rings. The summed E-state index contributed by atoms with van der Waals surface area (Å²) in [6, 6.07) is 0. The molecular formula is C28H11F25O3. The van der Waals surface area contributed by atoms with Crippen LogP contribution in [0, 0.1) is 40.7 Å². The number of carbonyl (C=O) groups is 1. The fourth-order valence-corrected chi connectivity index (χ4v) is 5.11. The first-order valence-corrected chi connectivity index (χ1v) is 13.7. The van der Waals surface area contributed by atoms with Gasteiger partial charge >= 0.3 is 59.3 Å². The van der Waals surface area contributed by atoms with Crippen molar-refractivity contribution in [1.29, 1.82) is 0 Å². The number of halogens is 25. The molecule has 0 heterocycles. The highest BCUT2D eigenvalue weighted by Gasteiger charge is 2.95. The van der Waals surface area contributed by atoms with E-state index in [2.05, 4.69) is 11.3 Å². The number of fused-ring (bicyclic) bond motifs is 3. The lowest BCUT2D eigenvalue weighted by Gasteiger charge is -2.45. The summed E-state index contributed by atoms with van der Waals surface area (Å²) >= 11 is 0. The zero-order chi connectivity index (χ0) is 44.3. The van der Waals surface area contributed by atoms with E-state index in [9.17, 15) is 97.7 Å². The van der Waals surface area contributed by atoms with E-state index < -0.39 is 153 Å². The van der Waals surface area contributed by atoms with Gasteiger partial charge in [0.2, 0.25) is 0 Å². The highest BCUT2D eigenvalue weighted by atomic mass is 19.4. The Morgan fingerprint density at radius 1 is 0.607 bits per heavy atom. The van der Waals surface area contributed by atoms with Gasteiger partial charge < -0.3 is 9.84 Å². The zero-order valence-electron chi connectivity index (χ0n) is 25.9. The maximum absolute atomic E-state index is 15.9. The Bertz CT molecular complexity index is 1970. The lowest BCUT2D eigenvalue weighted by Crippen LogP contribution is -2.74. The van der Waals surface area contributed by atoms with Crippen LogP contribution in [0.3, 0.4) is 0 Å². The van der Waals surface area contributed by atoms with Crippen LogP contribution in [0.15, 0.2) is 12.2 Å². The highest BCUT2D eigenvalue weighted by Crippen LogP contribution is 2.69. The molecule has 0 radical (unpaired) electrons. The number of alkyl halides is 18. The zero-order valence-corrected chi connectivity index (χ0v) is 25.9. The average Bonchev–Trinajstić information content (AvgIpc) is 3.29. The molecule has 2 atom stereocenters. The van der Waals surface area contributed by atoms with Gasteiger partial charge in [-0.05, 0) is 6.92 Å². The number of ether oxygens (including phenoxy) is 1. The van der Waals surface area contributed by atoms with Gasteiger partial charge in [-0.2, -0.15) is 74.6 Å². The predicted molar refractivity (Wildman–Crippen MR) is 129 cm³/mol. The van der Waals surface area contributed by atoms with Crippen LogP contribution < -0.4 is 0 Å². The van der Waals surface area contributed by atoms with Gasteiger partial charge in [-0.25, -0.2) is 39.9 Å². The molecule has 2 unspecified atom stereocenters. The van der Waals surface area contributed by atoms with Gasteiger partial charge in [-0.1, -0.05) is 6.58 Å². The molecule has 1 aliphatic rings. The van der Waals surface area contributed by atoms with E-state index in [1.54, 1.807) is 0 Å². The van der Waals surface area contributed by atoms with Crippen LogP contribution in [-0.4, -0.2) is 65.5 Å². The van der Waals surface area contributed by atoms with Crippen molar-refractivity contribution in [3.05, 3.63) is 69.6 Å². The molecule has 0 spiro atoms. The molecule has 0 amide bonds. The summed E-state index contributed by atoms with van der Waals surface area (Å²) in [6.45, 7) is 1.72. The van der Waals surface area contributed by atoms with E-state index in [1.165, 1.54) is 0 Å². The minimum Gasteiger partial charge on any atom is -0.460 e. The predicted octanol–water partition coefficient (Wildman–Crippen LogP) is 10.2. The summed E-state index contributed by atoms with van der Waals surface area (Å²) in [6.07, 6.45) is -15.4. The average molecular weight is 870 g/mol. The fourth-order valence-electron chi connectivity index (χ4n) is 5.11. The number of hydrogen-bond acceptors (Lipinski definition) is 3. The number of esters is 1. The van der Waals surface area contributed by atoms with Crippen molar-refractivity contribution in [3.63, 3.8) is 0 Å². The van der Waals surface area contributed by atoms with Crippen LogP contribution in [0.4, 0.5) is 110 Å². The van der Waals surface area contributed by atoms with Gasteiger partial charge in [0.1, 0.15) is 6.61 Å². The third kappa shape index (κ3) is 5.83. The first-order chi connectivity index (χ1) is 24.7. The molecule has 56 heavy (non-hydrogen) atoms. The number of hydrogen-bond donors (Lipinski definition) is 1. The summed E-state index contributed by atoms with van der Waals surface area (Å²) < 4.78 is 370. The normalized spacial score (nSPS) is 17.0. The Labute approximate surface area is 291 Å². The lowest BCUT2D eigenvalue weighted by molar-refractivity contribution is -0.450. The van der Waals surface area contributed by atoms with Gasteiger partial charge in [0.15, 0.2) is 40.7 Å². The molecule has 316 valence electrons. The standard InChI is InChI=1S/C28H11F25O3/c1-5(2)19(55)56-4-6(54)3-20(36,37)23(41,42)25(45,46)27(49,50)26(47,48)24(43,44)22(40,28(51,52)53)11-9-7(12(29)16(33)15(11)32)8-10(21(9,38)39)14(31)18(35)17(34)13(8)30/h6,54H,1,3-4H2,2H3. The van der Waals surface area contributed by atoms with E-state index in [0.29, 0.717) is 0 Å². The molecule has 3 rings (SSSR count). The monoisotopic (exact) mass is 870 g/mol. The van der Waals surface area contributed by atoms with E-state index in [1.807, 2.05) is 0 Å². The lowest BCUT2D eigenvalue weighted by atomic mass is 9.77. The van der Waals surface area contributed by atoms with E-state index in [-0.39, 0.29) is 0 Å². The summed E-state index contributed by atoms with van der Waals surface area (Å²) in [5.41, 5.74) is -28.7. The molecule has 1 N–H and O–H groups in total. The molecule has 0 saturated carbocycles. The smallest absolute Gasteiger partial charge is 0.433 e. The van der Waals surface area contributed by atoms with Crippen molar-refractivity contribution in [3.8, 4) is 11.1 Å². The second-order valence-corrected chi connectivity index (χ2v) is 11.6. The topological polar surface area (TPSA) is 46.5 Å².